The summed E-state index contributed by atoms with van der Waals surface area (Å²) < 4.78 is 10.4. The van der Waals surface area contributed by atoms with Crippen molar-refractivity contribution in [3.8, 4) is 11.5 Å². The van der Waals surface area contributed by atoms with Crippen molar-refractivity contribution in [1.82, 2.24) is 10.6 Å². The SMILES string of the molecule is COc1cc(OC)cc(C(=O)NCCNC(=O)C(c2ccccc2)c2ccccc2)c1. The maximum Gasteiger partial charge on any atom is 0.251 e. The van der Waals surface area contributed by atoms with Crippen LogP contribution in [0.25, 0.3) is 0 Å². The second kappa shape index (κ2) is 10.8. The van der Waals surface area contributed by atoms with E-state index < -0.39 is 5.92 Å². The Labute approximate surface area is 182 Å². The van der Waals surface area contributed by atoms with Gasteiger partial charge in [-0.1, -0.05) is 60.7 Å². The van der Waals surface area contributed by atoms with Gasteiger partial charge in [0.15, 0.2) is 0 Å². The average Bonchev–Trinajstić information content (AvgIpc) is 2.82. The molecule has 2 amide bonds. The van der Waals surface area contributed by atoms with Crippen LogP contribution in [0.2, 0.25) is 0 Å². The number of methoxy groups -OCH3 is 2. The minimum atomic E-state index is -0.416. The molecule has 0 heterocycles. The smallest absolute Gasteiger partial charge is 0.251 e. The number of benzene rings is 3. The fraction of sp³-hybridized carbons (Fsp3) is 0.200. The number of ether oxygens (including phenoxy) is 2. The van der Waals surface area contributed by atoms with Crippen LogP contribution in [-0.2, 0) is 4.79 Å². The molecule has 0 aliphatic rings. The summed E-state index contributed by atoms with van der Waals surface area (Å²) in [7, 11) is 3.06. The van der Waals surface area contributed by atoms with E-state index in [1.54, 1.807) is 18.2 Å². The van der Waals surface area contributed by atoms with Crippen LogP contribution in [-0.4, -0.2) is 39.1 Å². The van der Waals surface area contributed by atoms with Gasteiger partial charge in [0.2, 0.25) is 5.91 Å². The fourth-order valence-electron chi connectivity index (χ4n) is 3.29. The minimum Gasteiger partial charge on any atom is -0.497 e. The molecule has 31 heavy (non-hydrogen) atoms. The largest absolute Gasteiger partial charge is 0.497 e. The molecule has 6 heteroatoms. The zero-order valence-electron chi connectivity index (χ0n) is 17.6. The molecular formula is C25H26N2O4. The Kier molecular flexibility index (Phi) is 7.65. The van der Waals surface area contributed by atoms with E-state index in [0.29, 0.717) is 30.2 Å². The first-order valence-corrected chi connectivity index (χ1v) is 10.0. The van der Waals surface area contributed by atoms with E-state index in [-0.39, 0.29) is 11.8 Å². The molecule has 3 rings (SSSR count). The highest BCUT2D eigenvalue weighted by molar-refractivity contribution is 5.95. The predicted molar refractivity (Wildman–Crippen MR) is 120 cm³/mol. The Morgan fingerprint density at radius 3 is 1.71 bits per heavy atom. The Balaban J connectivity index is 1.60. The van der Waals surface area contributed by atoms with E-state index in [4.69, 9.17) is 9.47 Å². The summed E-state index contributed by atoms with van der Waals surface area (Å²) in [5.41, 5.74) is 2.26. The van der Waals surface area contributed by atoms with E-state index in [1.807, 2.05) is 60.7 Å². The van der Waals surface area contributed by atoms with Gasteiger partial charge in [0.05, 0.1) is 20.1 Å². The van der Waals surface area contributed by atoms with Gasteiger partial charge >= 0.3 is 0 Å². The van der Waals surface area contributed by atoms with Crippen molar-refractivity contribution in [2.75, 3.05) is 27.3 Å². The first kappa shape index (κ1) is 21.9. The van der Waals surface area contributed by atoms with Gasteiger partial charge in [-0.05, 0) is 23.3 Å². The van der Waals surface area contributed by atoms with Gasteiger partial charge in [0.25, 0.3) is 5.91 Å². The van der Waals surface area contributed by atoms with Crippen LogP contribution < -0.4 is 20.1 Å². The zero-order valence-corrected chi connectivity index (χ0v) is 17.6. The third-order valence-electron chi connectivity index (χ3n) is 4.85. The predicted octanol–water partition coefficient (Wildman–Crippen LogP) is 3.38. The van der Waals surface area contributed by atoms with Gasteiger partial charge in [0, 0.05) is 24.7 Å². The van der Waals surface area contributed by atoms with Crippen LogP contribution in [0.1, 0.15) is 27.4 Å². The molecule has 0 bridgehead atoms. The number of carbonyl (C=O) groups is 2. The third kappa shape index (κ3) is 5.85. The molecule has 0 aliphatic heterocycles. The molecule has 0 spiro atoms. The number of amides is 2. The van der Waals surface area contributed by atoms with Gasteiger partial charge < -0.3 is 20.1 Å². The molecular weight excluding hydrogens is 392 g/mol. The van der Waals surface area contributed by atoms with Crippen LogP contribution in [0.15, 0.2) is 78.9 Å². The van der Waals surface area contributed by atoms with Crippen molar-refractivity contribution in [3.63, 3.8) is 0 Å². The van der Waals surface area contributed by atoms with E-state index >= 15 is 0 Å². The summed E-state index contributed by atoms with van der Waals surface area (Å²) in [6.07, 6.45) is 0. The second-order valence-corrected chi connectivity index (χ2v) is 6.90. The van der Waals surface area contributed by atoms with Crippen molar-refractivity contribution in [3.05, 3.63) is 95.6 Å². The zero-order chi connectivity index (χ0) is 22.1. The van der Waals surface area contributed by atoms with Crippen LogP contribution in [0, 0.1) is 0 Å². The molecule has 0 aliphatic carbocycles. The molecule has 0 unspecified atom stereocenters. The minimum absolute atomic E-state index is 0.116. The van der Waals surface area contributed by atoms with Crippen LogP contribution in [0.4, 0.5) is 0 Å². The molecule has 160 valence electrons. The quantitative estimate of drug-likeness (QED) is 0.523. The summed E-state index contributed by atoms with van der Waals surface area (Å²) in [6.45, 7) is 0.599. The lowest BCUT2D eigenvalue weighted by Gasteiger charge is -2.18. The van der Waals surface area contributed by atoms with Crippen molar-refractivity contribution < 1.29 is 19.1 Å². The van der Waals surface area contributed by atoms with Crippen LogP contribution in [0.5, 0.6) is 11.5 Å². The van der Waals surface area contributed by atoms with Crippen molar-refractivity contribution >= 4 is 11.8 Å². The number of hydrogen-bond donors (Lipinski definition) is 2. The van der Waals surface area contributed by atoms with E-state index in [2.05, 4.69) is 10.6 Å². The maximum atomic E-state index is 13.0. The van der Waals surface area contributed by atoms with Crippen molar-refractivity contribution in [2.24, 2.45) is 0 Å². The molecule has 3 aromatic carbocycles. The molecule has 0 saturated heterocycles. The highest BCUT2D eigenvalue weighted by Crippen LogP contribution is 2.25. The molecule has 0 aromatic heterocycles. The second-order valence-electron chi connectivity index (χ2n) is 6.90. The summed E-state index contributed by atoms with van der Waals surface area (Å²) in [5.74, 6) is 0.266. The number of nitrogens with one attached hydrogen (secondary N) is 2. The lowest BCUT2D eigenvalue weighted by molar-refractivity contribution is -0.121. The standard InChI is InChI=1S/C25H26N2O4/c1-30-21-15-20(16-22(17-21)31-2)24(28)26-13-14-27-25(29)23(18-9-5-3-6-10-18)19-11-7-4-8-12-19/h3-12,15-17,23H,13-14H2,1-2H3,(H,26,28)(H,27,29). The van der Waals surface area contributed by atoms with Gasteiger partial charge in [0.1, 0.15) is 11.5 Å². The van der Waals surface area contributed by atoms with Crippen molar-refractivity contribution in [2.45, 2.75) is 5.92 Å². The van der Waals surface area contributed by atoms with Crippen molar-refractivity contribution in [1.29, 1.82) is 0 Å². The topological polar surface area (TPSA) is 76.7 Å². The monoisotopic (exact) mass is 418 g/mol. The van der Waals surface area contributed by atoms with Gasteiger partial charge in [-0.15, -0.1) is 0 Å². The van der Waals surface area contributed by atoms with E-state index in [9.17, 15) is 9.59 Å². The van der Waals surface area contributed by atoms with E-state index in [0.717, 1.165) is 11.1 Å². The first-order valence-electron chi connectivity index (χ1n) is 10.0. The first-order chi connectivity index (χ1) is 15.1. The molecule has 0 fully saturated rings. The Bertz CT molecular complexity index is 945. The maximum absolute atomic E-state index is 13.0. The average molecular weight is 418 g/mol. The molecule has 0 atom stereocenters. The lowest BCUT2D eigenvalue weighted by Crippen LogP contribution is -2.37. The number of carbonyl (C=O) groups excluding carboxylic acids is 2. The lowest BCUT2D eigenvalue weighted by atomic mass is 9.90. The van der Waals surface area contributed by atoms with Gasteiger partial charge in [-0.2, -0.15) is 0 Å². The molecule has 2 N–H and O–H groups in total. The highest BCUT2D eigenvalue weighted by atomic mass is 16.5. The fourth-order valence-corrected chi connectivity index (χ4v) is 3.29. The molecule has 6 nitrogen and oxygen atoms in total. The summed E-state index contributed by atoms with van der Waals surface area (Å²) >= 11 is 0. The third-order valence-corrected chi connectivity index (χ3v) is 4.85. The van der Waals surface area contributed by atoms with E-state index in [1.165, 1.54) is 14.2 Å². The summed E-state index contributed by atoms with van der Waals surface area (Å²) in [4.78, 5) is 25.4. The Morgan fingerprint density at radius 2 is 1.23 bits per heavy atom. The van der Waals surface area contributed by atoms with Gasteiger partial charge in [-0.25, -0.2) is 0 Å². The molecule has 3 aromatic rings. The Hall–Kier alpha value is -3.80. The highest BCUT2D eigenvalue weighted by Gasteiger charge is 2.22. The van der Waals surface area contributed by atoms with Crippen LogP contribution in [0.3, 0.4) is 0 Å². The number of hydrogen-bond acceptors (Lipinski definition) is 4. The normalized spacial score (nSPS) is 10.4. The number of rotatable bonds is 9. The molecule has 0 saturated carbocycles. The molecule has 0 radical (unpaired) electrons. The van der Waals surface area contributed by atoms with Gasteiger partial charge in [-0.3, -0.25) is 9.59 Å². The summed E-state index contributed by atoms with van der Waals surface area (Å²) in [6, 6.07) is 24.2. The Morgan fingerprint density at radius 1 is 0.742 bits per heavy atom. The van der Waals surface area contributed by atoms with Crippen LogP contribution >= 0.6 is 0 Å². The summed E-state index contributed by atoms with van der Waals surface area (Å²) in [5, 5.41) is 5.74.